The van der Waals surface area contributed by atoms with Crippen LogP contribution in [-0.2, 0) is 13.1 Å². The predicted molar refractivity (Wildman–Crippen MR) is 80.6 cm³/mol. The van der Waals surface area contributed by atoms with Crippen molar-refractivity contribution >= 4 is 27.3 Å². The fourth-order valence-electron chi connectivity index (χ4n) is 1.89. The molecule has 0 fully saturated rings. The van der Waals surface area contributed by atoms with Crippen molar-refractivity contribution in [2.45, 2.75) is 26.4 Å². The first-order chi connectivity index (χ1) is 9.61. The Kier molecular flexibility index (Phi) is 4.73. The Hall–Kier alpha value is -1.89. The molecule has 20 heavy (non-hydrogen) atoms. The smallest absolute Gasteiger partial charge is 0.270 e. The van der Waals surface area contributed by atoms with Gasteiger partial charge in [0.15, 0.2) is 0 Å². The normalized spacial score (nSPS) is 10.5. The number of rotatable bonds is 6. The summed E-state index contributed by atoms with van der Waals surface area (Å²) in [6.45, 7) is 3.62. The fraction of sp³-hybridized carbons (Fsp3) is 0.308. The van der Waals surface area contributed by atoms with Crippen molar-refractivity contribution in [1.29, 1.82) is 0 Å². The summed E-state index contributed by atoms with van der Waals surface area (Å²) >= 11 is 3.33. The van der Waals surface area contributed by atoms with E-state index in [1.54, 1.807) is 12.3 Å². The van der Waals surface area contributed by atoms with Crippen molar-refractivity contribution in [3.63, 3.8) is 0 Å². The van der Waals surface area contributed by atoms with Gasteiger partial charge in [-0.05, 0) is 28.4 Å². The molecule has 0 aliphatic heterocycles. The minimum atomic E-state index is -0.414. The highest BCUT2D eigenvalue weighted by Gasteiger charge is 2.09. The molecule has 0 atom stereocenters. The maximum Gasteiger partial charge on any atom is 0.270 e. The Bertz CT molecular complexity index is 612. The molecule has 2 aromatic rings. The van der Waals surface area contributed by atoms with E-state index in [9.17, 15) is 10.1 Å². The first kappa shape index (κ1) is 14.5. The van der Waals surface area contributed by atoms with Gasteiger partial charge in [-0.2, -0.15) is 0 Å². The number of aryl methyl sites for hydroxylation is 1. The third kappa shape index (κ3) is 3.36. The lowest BCUT2D eigenvalue weighted by atomic mass is 10.3. The zero-order valence-corrected chi connectivity index (χ0v) is 12.6. The van der Waals surface area contributed by atoms with Crippen molar-refractivity contribution in [3.05, 3.63) is 51.0 Å². The van der Waals surface area contributed by atoms with Crippen molar-refractivity contribution in [3.8, 4) is 0 Å². The topological polar surface area (TPSA) is 73.0 Å². The zero-order chi connectivity index (χ0) is 14.5. The first-order valence-electron chi connectivity index (χ1n) is 6.29. The summed E-state index contributed by atoms with van der Waals surface area (Å²) in [6, 6.07) is 4.65. The molecule has 2 rings (SSSR count). The van der Waals surface area contributed by atoms with E-state index in [2.05, 4.69) is 37.7 Å². The van der Waals surface area contributed by atoms with Crippen LogP contribution in [0.4, 0.5) is 11.4 Å². The number of halogens is 1. The number of nitro benzene ring substituents is 1. The first-order valence-corrected chi connectivity index (χ1v) is 7.09. The zero-order valence-electron chi connectivity index (χ0n) is 11.0. The molecule has 1 aromatic heterocycles. The van der Waals surface area contributed by atoms with E-state index in [1.165, 1.54) is 12.1 Å². The van der Waals surface area contributed by atoms with Crippen LogP contribution in [0.5, 0.6) is 0 Å². The van der Waals surface area contributed by atoms with Crippen molar-refractivity contribution in [2.75, 3.05) is 5.32 Å². The molecule has 7 heteroatoms. The highest BCUT2D eigenvalue weighted by atomic mass is 79.9. The molecule has 0 saturated carbocycles. The second-order valence-electron chi connectivity index (χ2n) is 4.31. The maximum atomic E-state index is 10.7. The molecule has 0 unspecified atom stereocenters. The maximum absolute atomic E-state index is 10.7. The van der Waals surface area contributed by atoms with Gasteiger partial charge in [0, 0.05) is 41.2 Å². The lowest BCUT2D eigenvalue weighted by Gasteiger charge is -2.10. The van der Waals surface area contributed by atoms with Gasteiger partial charge in [-0.15, -0.1) is 0 Å². The number of aromatic nitrogens is 2. The van der Waals surface area contributed by atoms with Gasteiger partial charge in [0.05, 0.1) is 11.5 Å². The number of imidazole rings is 1. The Balaban J connectivity index is 2.07. The lowest BCUT2D eigenvalue weighted by molar-refractivity contribution is -0.384. The molecule has 106 valence electrons. The Labute approximate surface area is 125 Å². The quantitative estimate of drug-likeness (QED) is 0.645. The van der Waals surface area contributed by atoms with E-state index < -0.39 is 4.92 Å². The van der Waals surface area contributed by atoms with Crippen LogP contribution in [0.3, 0.4) is 0 Å². The van der Waals surface area contributed by atoms with E-state index in [1.807, 2.05) is 6.20 Å². The largest absolute Gasteiger partial charge is 0.377 e. The van der Waals surface area contributed by atoms with Gasteiger partial charge < -0.3 is 9.88 Å². The van der Waals surface area contributed by atoms with Gasteiger partial charge >= 0.3 is 0 Å². The van der Waals surface area contributed by atoms with Gasteiger partial charge in [0.1, 0.15) is 5.82 Å². The third-order valence-corrected chi connectivity index (χ3v) is 3.52. The fourth-order valence-corrected chi connectivity index (χ4v) is 2.39. The van der Waals surface area contributed by atoms with Crippen LogP contribution in [0, 0.1) is 10.1 Å². The van der Waals surface area contributed by atoms with E-state index in [-0.39, 0.29) is 5.69 Å². The summed E-state index contributed by atoms with van der Waals surface area (Å²) < 4.78 is 2.76. The molecule has 1 aromatic carbocycles. The second-order valence-corrected chi connectivity index (χ2v) is 5.17. The molecule has 0 spiro atoms. The lowest BCUT2D eigenvalue weighted by Crippen LogP contribution is -2.08. The number of nitro groups is 1. The number of nitrogens with zero attached hydrogens (tertiary/aromatic N) is 3. The van der Waals surface area contributed by atoms with E-state index in [4.69, 9.17) is 0 Å². The van der Waals surface area contributed by atoms with Crippen LogP contribution in [0.1, 0.15) is 19.2 Å². The Morgan fingerprint density at radius 3 is 2.95 bits per heavy atom. The van der Waals surface area contributed by atoms with Gasteiger partial charge in [-0.3, -0.25) is 10.1 Å². The summed E-state index contributed by atoms with van der Waals surface area (Å²) in [7, 11) is 0. The standard InChI is InChI=1S/C13H15BrN4O2/c1-2-6-17-7-5-15-13(17)9-16-12-4-3-10(18(19)20)8-11(12)14/h3-5,7-8,16H,2,6,9H2,1H3. The Morgan fingerprint density at radius 1 is 1.50 bits per heavy atom. The van der Waals surface area contributed by atoms with Gasteiger partial charge in [0.25, 0.3) is 5.69 Å². The summed E-state index contributed by atoms with van der Waals surface area (Å²) in [5.41, 5.74) is 0.872. The average Bonchev–Trinajstić information content (AvgIpc) is 2.85. The second kappa shape index (κ2) is 6.51. The monoisotopic (exact) mass is 338 g/mol. The number of benzene rings is 1. The van der Waals surface area contributed by atoms with Crippen molar-refractivity contribution in [2.24, 2.45) is 0 Å². The minimum Gasteiger partial charge on any atom is -0.377 e. The van der Waals surface area contributed by atoms with Crippen molar-refractivity contribution in [1.82, 2.24) is 9.55 Å². The molecule has 0 bridgehead atoms. The molecule has 0 amide bonds. The molecular formula is C13H15BrN4O2. The van der Waals surface area contributed by atoms with Gasteiger partial charge in [-0.1, -0.05) is 6.92 Å². The van der Waals surface area contributed by atoms with Crippen LogP contribution in [0.25, 0.3) is 0 Å². The van der Waals surface area contributed by atoms with Gasteiger partial charge in [-0.25, -0.2) is 4.98 Å². The summed E-state index contributed by atoms with van der Waals surface area (Å²) in [6.07, 6.45) is 4.77. The van der Waals surface area contributed by atoms with Crippen LogP contribution in [-0.4, -0.2) is 14.5 Å². The molecule has 0 radical (unpaired) electrons. The highest BCUT2D eigenvalue weighted by molar-refractivity contribution is 9.10. The summed E-state index contributed by atoms with van der Waals surface area (Å²) in [5.74, 6) is 0.942. The third-order valence-electron chi connectivity index (χ3n) is 2.87. The van der Waals surface area contributed by atoms with Crippen LogP contribution in [0.15, 0.2) is 35.1 Å². The highest BCUT2D eigenvalue weighted by Crippen LogP contribution is 2.27. The number of hydrogen-bond acceptors (Lipinski definition) is 4. The average molecular weight is 339 g/mol. The number of hydrogen-bond donors (Lipinski definition) is 1. The number of nitrogens with one attached hydrogen (secondary N) is 1. The molecule has 0 aliphatic rings. The molecular weight excluding hydrogens is 324 g/mol. The molecule has 0 saturated heterocycles. The number of non-ortho nitro benzene ring substituents is 1. The Morgan fingerprint density at radius 2 is 2.30 bits per heavy atom. The van der Waals surface area contributed by atoms with E-state index in [0.717, 1.165) is 24.5 Å². The SMILES string of the molecule is CCCn1ccnc1CNc1ccc([N+](=O)[O-])cc1Br. The van der Waals surface area contributed by atoms with Crippen LogP contribution >= 0.6 is 15.9 Å². The van der Waals surface area contributed by atoms with E-state index in [0.29, 0.717) is 11.0 Å². The van der Waals surface area contributed by atoms with Gasteiger partial charge in [0.2, 0.25) is 0 Å². The molecule has 0 aliphatic carbocycles. The summed E-state index contributed by atoms with van der Waals surface area (Å²) in [4.78, 5) is 14.6. The predicted octanol–water partition coefficient (Wildman–Crippen LogP) is 3.58. The van der Waals surface area contributed by atoms with Crippen LogP contribution < -0.4 is 5.32 Å². The summed E-state index contributed by atoms with van der Waals surface area (Å²) in [5, 5.41) is 13.9. The molecule has 6 nitrogen and oxygen atoms in total. The molecule has 1 heterocycles. The number of anilines is 1. The van der Waals surface area contributed by atoms with Crippen LogP contribution in [0.2, 0.25) is 0 Å². The van der Waals surface area contributed by atoms with Crippen molar-refractivity contribution < 1.29 is 4.92 Å². The molecule has 1 N–H and O–H groups in total. The van der Waals surface area contributed by atoms with E-state index >= 15 is 0 Å². The minimum absolute atomic E-state index is 0.0647.